The molecule has 3 aliphatic rings. The highest BCUT2D eigenvalue weighted by Crippen LogP contribution is 2.25. The van der Waals surface area contributed by atoms with Crippen LogP contribution in [0.1, 0.15) is 61.9 Å². The molecule has 1 aromatic carbocycles. The lowest BCUT2D eigenvalue weighted by atomic mass is 9.96. The summed E-state index contributed by atoms with van der Waals surface area (Å²) >= 11 is 0. The third kappa shape index (κ3) is 5.99. The highest BCUT2D eigenvalue weighted by Gasteiger charge is 2.35. The van der Waals surface area contributed by atoms with Crippen LogP contribution in [0.15, 0.2) is 24.3 Å². The summed E-state index contributed by atoms with van der Waals surface area (Å²) in [7, 11) is -1.78. The Balaban J connectivity index is 1.30. The molecule has 0 spiro atoms. The number of nitrogens with zero attached hydrogens (tertiary/aromatic N) is 4. The first kappa shape index (κ1) is 25.6. The Hall–Kier alpha value is -1.52. The standard InChI is InChI=1S/C25H40N4O4S/c1-20-17-27(18-21(2)33-20)19-22-9-11-23(12-10-22)25(30)28-13-15-29(16-14-28)34(31,32)26(3)24-7-5-4-6-8-24/h9-12,20-21,24H,4-8,13-19H2,1-3H3. The minimum atomic E-state index is -3.49. The summed E-state index contributed by atoms with van der Waals surface area (Å²) < 4.78 is 35.1. The molecule has 2 unspecified atom stereocenters. The van der Waals surface area contributed by atoms with E-state index in [1.807, 2.05) is 24.3 Å². The van der Waals surface area contributed by atoms with Crippen LogP contribution in [0.5, 0.6) is 0 Å². The monoisotopic (exact) mass is 492 g/mol. The molecule has 1 aliphatic carbocycles. The zero-order valence-electron chi connectivity index (χ0n) is 20.9. The van der Waals surface area contributed by atoms with E-state index in [-0.39, 0.29) is 24.2 Å². The van der Waals surface area contributed by atoms with Crippen molar-refractivity contribution >= 4 is 16.1 Å². The van der Waals surface area contributed by atoms with Crippen molar-refractivity contribution in [2.45, 2.75) is 70.7 Å². The largest absolute Gasteiger partial charge is 0.373 e. The Morgan fingerprint density at radius 3 is 2.15 bits per heavy atom. The fourth-order valence-electron chi connectivity index (χ4n) is 5.54. The van der Waals surface area contributed by atoms with Gasteiger partial charge in [0.05, 0.1) is 12.2 Å². The van der Waals surface area contributed by atoms with E-state index in [2.05, 4.69) is 18.7 Å². The zero-order valence-corrected chi connectivity index (χ0v) is 21.7. The highest BCUT2D eigenvalue weighted by molar-refractivity contribution is 7.86. The maximum Gasteiger partial charge on any atom is 0.282 e. The molecule has 4 rings (SSSR count). The van der Waals surface area contributed by atoms with Gasteiger partial charge in [-0.15, -0.1) is 0 Å². The normalized spacial score (nSPS) is 26.2. The molecular formula is C25H40N4O4S. The molecule has 2 atom stereocenters. The van der Waals surface area contributed by atoms with Crippen LogP contribution in [-0.2, 0) is 21.5 Å². The number of rotatable bonds is 6. The Morgan fingerprint density at radius 1 is 0.971 bits per heavy atom. The Kier molecular flexibility index (Phi) is 8.30. The average molecular weight is 493 g/mol. The number of amides is 1. The fourth-order valence-corrected chi connectivity index (χ4v) is 7.12. The summed E-state index contributed by atoms with van der Waals surface area (Å²) in [5.41, 5.74) is 1.84. The first-order valence-electron chi connectivity index (χ1n) is 12.7. The lowest BCUT2D eigenvalue weighted by Gasteiger charge is -2.38. The molecule has 34 heavy (non-hydrogen) atoms. The predicted molar refractivity (Wildman–Crippen MR) is 133 cm³/mol. The van der Waals surface area contributed by atoms with Crippen LogP contribution in [0.4, 0.5) is 0 Å². The number of piperazine rings is 1. The Morgan fingerprint density at radius 2 is 1.56 bits per heavy atom. The quantitative estimate of drug-likeness (QED) is 0.610. The van der Waals surface area contributed by atoms with Crippen molar-refractivity contribution in [2.24, 2.45) is 0 Å². The molecule has 2 saturated heterocycles. The average Bonchev–Trinajstić information content (AvgIpc) is 2.83. The molecular weight excluding hydrogens is 452 g/mol. The minimum absolute atomic E-state index is 0.0298. The lowest BCUT2D eigenvalue weighted by Crippen LogP contribution is -2.55. The van der Waals surface area contributed by atoms with E-state index in [0.29, 0.717) is 31.7 Å². The van der Waals surface area contributed by atoms with E-state index in [1.165, 1.54) is 12.0 Å². The number of carbonyl (C=O) groups excluding carboxylic acids is 1. The van der Waals surface area contributed by atoms with Gasteiger partial charge >= 0.3 is 0 Å². The number of hydrogen-bond donors (Lipinski definition) is 0. The van der Waals surface area contributed by atoms with Crippen molar-refractivity contribution < 1.29 is 17.9 Å². The highest BCUT2D eigenvalue weighted by atomic mass is 32.2. The second-order valence-electron chi connectivity index (χ2n) is 10.2. The molecule has 0 aromatic heterocycles. The molecule has 0 N–H and O–H groups in total. The first-order chi connectivity index (χ1) is 16.2. The smallest absolute Gasteiger partial charge is 0.282 e. The van der Waals surface area contributed by atoms with E-state index in [9.17, 15) is 13.2 Å². The van der Waals surface area contributed by atoms with Gasteiger partial charge in [0.1, 0.15) is 0 Å². The molecule has 0 bridgehead atoms. The van der Waals surface area contributed by atoms with Crippen LogP contribution in [0.25, 0.3) is 0 Å². The Bertz CT molecular complexity index is 915. The number of hydrogen-bond acceptors (Lipinski definition) is 5. The van der Waals surface area contributed by atoms with E-state index in [4.69, 9.17) is 4.74 Å². The van der Waals surface area contributed by atoms with Crippen LogP contribution < -0.4 is 0 Å². The van der Waals surface area contributed by atoms with Crippen LogP contribution >= 0.6 is 0 Å². The molecule has 9 heteroatoms. The number of ether oxygens (including phenoxy) is 1. The molecule has 8 nitrogen and oxygen atoms in total. The summed E-state index contributed by atoms with van der Waals surface area (Å²) in [6, 6.07) is 7.94. The molecule has 1 saturated carbocycles. The van der Waals surface area contributed by atoms with Gasteiger partial charge in [-0.3, -0.25) is 9.69 Å². The van der Waals surface area contributed by atoms with Gasteiger partial charge < -0.3 is 9.64 Å². The third-order valence-corrected chi connectivity index (χ3v) is 9.45. The maximum atomic E-state index is 13.1. The van der Waals surface area contributed by atoms with E-state index >= 15 is 0 Å². The zero-order chi connectivity index (χ0) is 24.3. The van der Waals surface area contributed by atoms with Gasteiger partial charge in [-0.2, -0.15) is 17.0 Å². The van der Waals surface area contributed by atoms with Gasteiger partial charge in [0.2, 0.25) is 0 Å². The molecule has 3 fully saturated rings. The first-order valence-corrected chi connectivity index (χ1v) is 14.1. The third-order valence-electron chi connectivity index (χ3n) is 7.41. The maximum absolute atomic E-state index is 13.1. The predicted octanol–water partition coefficient (Wildman–Crippen LogP) is 2.56. The summed E-state index contributed by atoms with van der Waals surface area (Å²) in [5, 5.41) is 0. The van der Waals surface area contributed by atoms with Gasteiger partial charge in [-0.05, 0) is 44.4 Å². The molecule has 190 valence electrons. The van der Waals surface area contributed by atoms with Crippen molar-refractivity contribution in [3.63, 3.8) is 0 Å². The van der Waals surface area contributed by atoms with Gasteiger partial charge in [-0.25, -0.2) is 0 Å². The van der Waals surface area contributed by atoms with E-state index < -0.39 is 10.2 Å². The van der Waals surface area contributed by atoms with Crippen molar-refractivity contribution in [2.75, 3.05) is 46.3 Å². The van der Waals surface area contributed by atoms with Gasteiger partial charge in [0.25, 0.3) is 16.1 Å². The second-order valence-corrected chi connectivity index (χ2v) is 12.1. The molecule has 2 heterocycles. The number of morpholine rings is 1. The summed E-state index contributed by atoms with van der Waals surface area (Å²) in [4.78, 5) is 17.2. The summed E-state index contributed by atoms with van der Waals surface area (Å²) in [6.45, 7) is 8.39. The second kappa shape index (κ2) is 11.0. The topological polar surface area (TPSA) is 73.4 Å². The lowest BCUT2D eigenvalue weighted by molar-refractivity contribution is -0.0704. The number of carbonyl (C=O) groups is 1. The fraction of sp³-hybridized carbons (Fsp3) is 0.720. The summed E-state index contributed by atoms with van der Waals surface area (Å²) in [5.74, 6) is -0.0298. The van der Waals surface area contributed by atoms with Crippen LogP contribution in [0, 0.1) is 0 Å². The summed E-state index contributed by atoms with van der Waals surface area (Å²) in [6.07, 6.45) is 5.72. The Labute approximate surface area is 205 Å². The van der Waals surface area contributed by atoms with Crippen molar-refractivity contribution in [3.8, 4) is 0 Å². The SMILES string of the molecule is CC1CN(Cc2ccc(C(=O)N3CCN(S(=O)(=O)N(C)C4CCCCC4)CC3)cc2)CC(C)O1. The van der Waals surface area contributed by atoms with Crippen molar-refractivity contribution in [1.82, 2.24) is 18.4 Å². The molecule has 0 radical (unpaired) electrons. The van der Waals surface area contributed by atoms with Crippen molar-refractivity contribution in [1.29, 1.82) is 0 Å². The van der Waals surface area contributed by atoms with Gasteiger partial charge in [0, 0.05) is 64.5 Å². The van der Waals surface area contributed by atoms with Gasteiger partial charge in [0.15, 0.2) is 0 Å². The minimum Gasteiger partial charge on any atom is -0.373 e. The van der Waals surface area contributed by atoms with E-state index in [0.717, 1.165) is 45.3 Å². The number of benzene rings is 1. The molecule has 1 aromatic rings. The van der Waals surface area contributed by atoms with E-state index in [1.54, 1.807) is 20.6 Å². The van der Waals surface area contributed by atoms with Gasteiger partial charge in [-0.1, -0.05) is 31.4 Å². The van der Waals surface area contributed by atoms with Crippen molar-refractivity contribution in [3.05, 3.63) is 35.4 Å². The van der Waals surface area contributed by atoms with Crippen LogP contribution in [0.3, 0.4) is 0 Å². The van der Waals surface area contributed by atoms with Crippen LogP contribution in [0.2, 0.25) is 0 Å². The molecule has 2 aliphatic heterocycles. The van der Waals surface area contributed by atoms with Crippen LogP contribution in [-0.4, -0.2) is 97.3 Å². The molecule has 1 amide bonds.